The van der Waals surface area contributed by atoms with Crippen LogP contribution in [0.2, 0.25) is 0 Å². The van der Waals surface area contributed by atoms with E-state index in [0.29, 0.717) is 10.6 Å². The monoisotopic (exact) mass is 236 g/mol. The zero-order chi connectivity index (χ0) is 11.7. The van der Waals surface area contributed by atoms with Crippen LogP contribution in [-0.4, -0.2) is 21.0 Å². The zero-order valence-electron chi connectivity index (χ0n) is 9.02. The smallest absolute Gasteiger partial charge is 0.347 e. The number of hydrogen-bond donors (Lipinski definition) is 2. The number of aromatic carboxylic acids is 1. The molecule has 0 aliphatic carbocycles. The molecule has 84 valence electrons. The molecule has 0 atom stereocenters. The summed E-state index contributed by atoms with van der Waals surface area (Å²) in [5, 5.41) is 9.84. The fourth-order valence-electron chi connectivity index (χ4n) is 1.46. The van der Waals surface area contributed by atoms with Gasteiger partial charge < -0.3 is 10.1 Å². The van der Waals surface area contributed by atoms with E-state index in [4.69, 9.17) is 5.11 Å². The summed E-state index contributed by atoms with van der Waals surface area (Å²) < 4.78 is 0. The van der Waals surface area contributed by atoms with Crippen molar-refractivity contribution < 1.29 is 9.90 Å². The van der Waals surface area contributed by atoms with Crippen molar-refractivity contribution in [3.63, 3.8) is 0 Å². The van der Waals surface area contributed by atoms with Crippen molar-refractivity contribution in [3.05, 3.63) is 29.0 Å². The second-order valence-corrected chi connectivity index (χ2v) is 4.79. The highest BCUT2D eigenvalue weighted by molar-refractivity contribution is 7.17. The summed E-state index contributed by atoms with van der Waals surface area (Å²) in [6.45, 7) is 3.89. The number of carboxylic acid groups (broad SMARTS) is 1. The predicted octanol–water partition coefficient (Wildman–Crippen LogP) is 2.96. The molecule has 2 rings (SSSR count). The molecule has 2 N–H and O–H groups in total. The summed E-state index contributed by atoms with van der Waals surface area (Å²) in [4.78, 5) is 18.7. The molecular weight excluding hydrogens is 224 g/mol. The zero-order valence-corrected chi connectivity index (χ0v) is 9.84. The fourth-order valence-corrected chi connectivity index (χ4v) is 2.51. The minimum absolute atomic E-state index is 0.120. The molecule has 2 aromatic heterocycles. The first kappa shape index (κ1) is 10.9. The van der Waals surface area contributed by atoms with Crippen molar-refractivity contribution >= 4 is 17.3 Å². The topological polar surface area (TPSA) is 66.0 Å². The molecule has 0 aromatic carbocycles. The molecule has 0 saturated carbocycles. The third kappa shape index (κ3) is 1.86. The Hall–Kier alpha value is -1.62. The molecule has 0 aliphatic rings. The van der Waals surface area contributed by atoms with Gasteiger partial charge in [0, 0.05) is 18.0 Å². The minimum Gasteiger partial charge on any atom is -0.477 e. The van der Waals surface area contributed by atoms with E-state index in [1.54, 1.807) is 6.20 Å². The minimum atomic E-state index is -0.900. The molecule has 5 heteroatoms. The van der Waals surface area contributed by atoms with E-state index in [9.17, 15) is 4.79 Å². The number of nitrogens with one attached hydrogen (secondary N) is 1. The maximum absolute atomic E-state index is 11.1. The van der Waals surface area contributed by atoms with Crippen LogP contribution in [0.1, 0.15) is 35.1 Å². The van der Waals surface area contributed by atoms with Crippen LogP contribution in [0.25, 0.3) is 10.6 Å². The van der Waals surface area contributed by atoms with Crippen LogP contribution in [0, 0.1) is 0 Å². The number of aromatic nitrogens is 2. The Morgan fingerprint density at radius 2 is 2.31 bits per heavy atom. The molecule has 0 amide bonds. The second kappa shape index (κ2) is 4.09. The molecule has 0 saturated heterocycles. The van der Waals surface area contributed by atoms with Crippen LogP contribution in [0.5, 0.6) is 0 Å². The lowest BCUT2D eigenvalue weighted by Crippen LogP contribution is -2.00. The van der Waals surface area contributed by atoms with Crippen LogP contribution in [0.3, 0.4) is 0 Å². The fraction of sp³-hybridized carbons (Fsp3) is 0.273. The Balaban J connectivity index is 2.51. The number of rotatable bonds is 3. The summed E-state index contributed by atoms with van der Waals surface area (Å²) >= 11 is 1.22. The molecule has 0 unspecified atom stereocenters. The third-order valence-corrected chi connectivity index (χ3v) is 3.35. The van der Waals surface area contributed by atoms with E-state index in [1.165, 1.54) is 11.3 Å². The van der Waals surface area contributed by atoms with Gasteiger partial charge in [0.2, 0.25) is 0 Å². The molecule has 4 nitrogen and oxygen atoms in total. The molecule has 16 heavy (non-hydrogen) atoms. The van der Waals surface area contributed by atoms with Crippen LogP contribution in [0.15, 0.2) is 18.5 Å². The highest BCUT2D eigenvalue weighted by Crippen LogP contribution is 2.31. The third-order valence-electron chi connectivity index (χ3n) is 2.24. The normalized spacial score (nSPS) is 10.9. The predicted molar refractivity (Wildman–Crippen MR) is 62.9 cm³/mol. The van der Waals surface area contributed by atoms with E-state index in [-0.39, 0.29) is 5.92 Å². The summed E-state index contributed by atoms with van der Waals surface area (Å²) in [6.07, 6.45) is 3.61. The number of hydrogen-bond acceptors (Lipinski definition) is 3. The van der Waals surface area contributed by atoms with Crippen LogP contribution in [0.4, 0.5) is 0 Å². The van der Waals surface area contributed by atoms with Gasteiger partial charge in [-0.05, 0) is 12.0 Å². The first-order chi connectivity index (χ1) is 7.59. The lowest BCUT2D eigenvalue weighted by Gasteiger charge is -2.00. The number of thiazole rings is 1. The largest absolute Gasteiger partial charge is 0.477 e. The highest BCUT2D eigenvalue weighted by atomic mass is 32.1. The Morgan fingerprint density at radius 3 is 2.75 bits per heavy atom. The van der Waals surface area contributed by atoms with Crippen molar-refractivity contribution in [1.29, 1.82) is 0 Å². The number of aromatic amines is 1. The van der Waals surface area contributed by atoms with Crippen molar-refractivity contribution in [2.75, 3.05) is 0 Å². The number of H-pyrrole nitrogens is 1. The van der Waals surface area contributed by atoms with Gasteiger partial charge in [-0.15, -0.1) is 11.3 Å². The van der Waals surface area contributed by atoms with Gasteiger partial charge in [0.05, 0.1) is 5.69 Å². The molecule has 2 heterocycles. The molecule has 2 aromatic rings. The number of carboxylic acids is 1. The molecule has 0 spiro atoms. The SMILES string of the molecule is CC(C)c1nc(-c2cc[nH]c2)sc1C(=O)O. The maximum Gasteiger partial charge on any atom is 0.347 e. The average molecular weight is 236 g/mol. The Bertz CT molecular complexity index is 500. The first-order valence-electron chi connectivity index (χ1n) is 4.96. The van der Waals surface area contributed by atoms with Crippen molar-refractivity contribution in [1.82, 2.24) is 9.97 Å². The summed E-state index contributed by atoms with van der Waals surface area (Å²) in [6, 6.07) is 1.88. The van der Waals surface area contributed by atoms with E-state index in [2.05, 4.69) is 9.97 Å². The van der Waals surface area contributed by atoms with Crippen LogP contribution < -0.4 is 0 Å². The van der Waals surface area contributed by atoms with Crippen LogP contribution >= 0.6 is 11.3 Å². The standard InChI is InChI=1S/C11H12N2O2S/c1-6(2)8-9(11(14)15)16-10(13-8)7-3-4-12-5-7/h3-6,12H,1-2H3,(H,14,15). The van der Waals surface area contributed by atoms with Crippen molar-refractivity contribution in [2.45, 2.75) is 19.8 Å². The van der Waals surface area contributed by atoms with Gasteiger partial charge in [0.1, 0.15) is 9.88 Å². The van der Waals surface area contributed by atoms with Gasteiger partial charge >= 0.3 is 5.97 Å². The van der Waals surface area contributed by atoms with Gasteiger partial charge in [-0.2, -0.15) is 0 Å². The molecule has 0 aliphatic heterocycles. The summed E-state index contributed by atoms with van der Waals surface area (Å²) in [7, 11) is 0. The maximum atomic E-state index is 11.1. The quantitative estimate of drug-likeness (QED) is 0.861. The number of carbonyl (C=O) groups is 1. The lowest BCUT2D eigenvalue weighted by molar-refractivity contribution is 0.0700. The van der Waals surface area contributed by atoms with Crippen LogP contribution in [-0.2, 0) is 0 Å². The van der Waals surface area contributed by atoms with E-state index < -0.39 is 5.97 Å². The molecular formula is C11H12N2O2S. The molecule has 0 bridgehead atoms. The highest BCUT2D eigenvalue weighted by Gasteiger charge is 2.20. The van der Waals surface area contributed by atoms with Gasteiger partial charge in [-0.25, -0.2) is 9.78 Å². The second-order valence-electron chi connectivity index (χ2n) is 3.79. The van der Waals surface area contributed by atoms with E-state index in [0.717, 1.165) is 10.6 Å². The summed E-state index contributed by atoms with van der Waals surface area (Å²) in [5.74, 6) is -0.780. The van der Waals surface area contributed by atoms with Gasteiger partial charge in [0.15, 0.2) is 0 Å². The Kier molecular flexibility index (Phi) is 2.78. The first-order valence-corrected chi connectivity index (χ1v) is 5.78. The molecule has 0 radical (unpaired) electrons. The van der Waals surface area contributed by atoms with E-state index in [1.807, 2.05) is 26.1 Å². The average Bonchev–Trinajstić information content (AvgIpc) is 2.86. The Labute approximate surface area is 97.0 Å². The van der Waals surface area contributed by atoms with Gasteiger partial charge in [0.25, 0.3) is 0 Å². The molecule has 0 fully saturated rings. The lowest BCUT2D eigenvalue weighted by atomic mass is 10.1. The van der Waals surface area contributed by atoms with E-state index >= 15 is 0 Å². The van der Waals surface area contributed by atoms with Gasteiger partial charge in [-0.1, -0.05) is 13.8 Å². The van der Waals surface area contributed by atoms with Crippen molar-refractivity contribution in [3.8, 4) is 10.6 Å². The van der Waals surface area contributed by atoms with Gasteiger partial charge in [-0.3, -0.25) is 0 Å². The number of nitrogens with zero attached hydrogens (tertiary/aromatic N) is 1. The Morgan fingerprint density at radius 1 is 1.56 bits per heavy atom. The van der Waals surface area contributed by atoms with Crippen molar-refractivity contribution in [2.24, 2.45) is 0 Å². The summed E-state index contributed by atoms with van der Waals surface area (Å²) in [5.41, 5.74) is 1.59.